The van der Waals surface area contributed by atoms with E-state index in [1.165, 1.54) is 55.7 Å². The van der Waals surface area contributed by atoms with Gasteiger partial charge in [0.15, 0.2) is 0 Å². The summed E-state index contributed by atoms with van der Waals surface area (Å²) in [5, 5.41) is 13.0. The molecule has 1 aliphatic rings. The molecule has 110 valence electrons. The maximum Gasteiger partial charge on any atom is 0.276 e. The van der Waals surface area contributed by atoms with Crippen LogP contribution in [-0.4, -0.2) is 21.1 Å². The number of nitrogens with one attached hydrogen (secondary N) is 1. The summed E-state index contributed by atoms with van der Waals surface area (Å²) in [5.74, 6) is 0.176. The highest BCUT2D eigenvalue weighted by molar-refractivity contribution is 7.15. The first-order valence-electron chi connectivity index (χ1n) is 6.98. The summed E-state index contributed by atoms with van der Waals surface area (Å²) in [7, 11) is 0. The minimum atomic E-state index is -0.316. The zero-order valence-electron chi connectivity index (χ0n) is 11.4. The topological polar surface area (TPSA) is 67.8 Å². The molecule has 0 unspecified atom stereocenters. The van der Waals surface area contributed by atoms with Crippen LogP contribution in [0.2, 0.25) is 5.02 Å². The van der Waals surface area contributed by atoms with Crippen LogP contribution in [0.3, 0.4) is 0 Å². The molecule has 3 rings (SSSR count). The second-order valence-electron chi connectivity index (χ2n) is 5.09. The van der Waals surface area contributed by atoms with E-state index in [1.54, 1.807) is 6.07 Å². The van der Waals surface area contributed by atoms with Gasteiger partial charge in [0.1, 0.15) is 10.7 Å². The van der Waals surface area contributed by atoms with Crippen LogP contribution < -0.4 is 5.32 Å². The van der Waals surface area contributed by atoms with E-state index in [0.29, 0.717) is 16.1 Å². The van der Waals surface area contributed by atoms with Crippen LogP contribution in [0.1, 0.15) is 53.5 Å². The number of pyridine rings is 1. The Balaban J connectivity index is 1.68. The van der Waals surface area contributed by atoms with E-state index in [-0.39, 0.29) is 11.6 Å². The van der Waals surface area contributed by atoms with E-state index < -0.39 is 0 Å². The Bertz CT molecular complexity index is 639. The fourth-order valence-corrected chi connectivity index (χ4v) is 3.56. The summed E-state index contributed by atoms with van der Waals surface area (Å²) in [6.45, 7) is 0. The van der Waals surface area contributed by atoms with Crippen molar-refractivity contribution in [3.8, 4) is 0 Å². The molecule has 0 atom stereocenters. The quantitative estimate of drug-likeness (QED) is 0.931. The Labute approximate surface area is 131 Å². The number of amides is 1. The van der Waals surface area contributed by atoms with E-state index >= 15 is 0 Å². The van der Waals surface area contributed by atoms with Crippen molar-refractivity contribution in [1.82, 2.24) is 15.2 Å². The molecule has 0 bridgehead atoms. The minimum Gasteiger partial charge on any atom is -0.295 e. The summed E-state index contributed by atoms with van der Waals surface area (Å²) >= 11 is 7.30. The minimum absolute atomic E-state index is 0.275. The lowest BCUT2D eigenvalue weighted by atomic mass is 9.90. The van der Waals surface area contributed by atoms with Gasteiger partial charge in [0, 0.05) is 17.1 Å². The Morgan fingerprint density at radius 1 is 1.29 bits per heavy atom. The van der Waals surface area contributed by atoms with Crippen molar-refractivity contribution in [2.45, 2.75) is 38.0 Å². The molecule has 1 fully saturated rings. The van der Waals surface area contributed by atoms with Gasteiger partial charge in [0.05, 0.1) is 0 Å². The molecule has 1 aliphatic carbocycles. The molecular formula is C14H15ClN4OS. The van der Waals surface area contributed by atoms with Gasteiger partial charge in [-0.3, -0.25) is 15.1 Å². The average Bonchev–Trinajstić information content (AvgIpc) is 2.97. The molecular weight excluding hydrogens is 308 g/mol. The van der Waals surface area contributed by atoms with Gasteiger partial charge < -0.3 is 0 Å². The molecule has 1 saturated carbocycles. The van der Waals surface area contributed by atoms with E-state index in [4.69, 9.17) is 11.6 Å². The molecule has 0 aliphatic heterocycles. The molecule has 2 heterocycles. The van der Waals surface area contributed by atoms with Crippen molar-refractivity contribution in [1.29, 1.82) is 0 Å². The van der Waals surface area contributed by atoms with Gasteiger partial charge >= 0.3 is 0 Å². The van der Waals surface area contributed by atoms with Crippen LogP contribution in [0, 0.1) is 0 Å². The second-order valence-corrected chi connectivity index (χ2v) is 6.54. The number of rotatable bonds is 3. The van der Waals surface area contributed by atoms with E-state index in [1.807, 2.05) is 0 Å². The monoisotopic (exact) mass is 322 g/mol. The Morgan fingerprint density at radius 2 is 2.10 bits per heavy atom. The first-order valence-corrected chi connectivity index (χ1v) is 8.18. The first kappa shape index (κ1) is 14.4. The predicted molar refractivity (Wildman–Crippen MR) is 82.9 cm³/mol. The van der Waals surface area contributed by atoms with Gasteiger partial charge in [-0.15, -0.1) is 10.2 Å². The molecule has 21 heavy (non-hydrogen) atoms. The van der Waals surface area contributed by atoms with Gasteiger partial charge in [-0.25, -0.2) is 0 Å². The summed E-state index contributed by atoms with van der Waals surface area (Å²) in [5.41, 5.74) is 0.275. The highest BCUT2D eigenvalue weighted by Gasteiger charge is 2.20. The lowest BCUT2D eigenvalue weighted by Gasteiger charge is -2.18. The molecule has 2 aromatic heterocycles. The second kappa shape index (κ2) is 6.49. The first-order chi connectivity index (χ1) is 10.2. The van der Waals surface area contributed by atoms with Crippen LogP contribution in [0.15, 0.2) is 18.3 Å². The molecule has 5 nitrogen and oxygen atoms in total. The SMILES string of the molecule is O=C(Nc1nnc(C2CCCCC2)s1)c1cc(Cl)ccn1. The largest absolute Gasteiger partial charge is 0.295 e. The lowest BCUT2D eigenvalue weighted by molar-refractivity contribution is 0.102. The Hall–Kier alpha value is -1.53. The lowest BCUT2D eigenvalue weighted by Crippen LogP contribution is -2.13. The Morgan fingerprint density at radius 3 is 2.86 bits per heavy atom. The normalized spacial score (nSPS) is 15.9. The fraction of sp³-hybridized carbons (Fsp3) is 0.429. The number of carbonyl (C=O) groups excluding carboxylic acids is 1. The summed E-state index contributed by atoms with van der Waals surface area (Å²) in [4.78, 5) is 16.1. The molecule has 0 aromatic carbocycles. The number of aromatic nitrogens is 3. The number of halogens is 1. The summed E-state index contributed by atoms with van der Waals surface area (Å²) < 4.78 is 0. The third-order valence-corrected chi connectivity index (χ3v) is 4.81. The van der Waals surface area contributed by atoms with Crippen LogP contribution in [0.5, 0.6) is 0 Å². The number of nitrogens with zero attached hydrogens (tertiary/aromatic N) is 3. The standard InChI is InChI=1S/C14H15ClN4OS/c15-10-6-7-16-11(8-10)12(20)17-14-19-18-13(21-14)9-4-2-1-3-5-9/h6-9H,1-5H2,(H,17,19,20). The molecule has 7 heteroatoms. The molecule has 2 aromatic rings. The van der Waals surface area contributed by atoms with Crippen molar-refractivity contribution < 1.29 is 4.79 Å². The summed E-state index contributed by atoms with van der Waals surface area (Å²) in [6.07, 6.45) is 7.64. The molecule has 1 N–H and O–H groups in total. The van der Waals surface area contributed by atoms with Crippen molar-refractivity contribution in [2.24, 2.45) is 0 Å². The third kappa shape index (κ3) is 3.57. The third-order valence-electron chi connectivity index (χ3n) is 3.57. The number of anilines is 1. The van der Waals surface area contributed by atoms with Gasteiger partial charge in [-0.05, 0) is 25.0 Å². The molecule has 1 amide bonds. The molecule has 0 radical (unpaired) electrons. The van der Waals surface area contributed by atoms with Gasteiger partial charge in [0.25, 0.3) is 5.91 Å². The van der Waals surface area contributed by atoms with Crippen LogP contribution in [0.4, 0.5) is 5.13 Å². The van der Waals surface area contributed by atoms with E-state index in [0.717, 1.165) is 5.01 Å². The van der Waals surface area contributed by atoms with Crippen molar-refractivity contribution >= 4 is 34.0 Å². The van der Waals surface area contributed by atoms with E-state index in [2.05, 4.69) is 20.5 Å². The fourth-order valence-electron chi connectivity index (χ4n) is 2.49. The molecule has 0 saturated heterocycles. The summed E-state index contributed by atoms with van der Waals surface area (Å²) in [6, 6.07) is 3.16. The van der Waals surface area contributed by atoms with Crippen molar-refractivity contribution in [3.05, 3.63) is 34.1 Å². The molecule has 0 spiro atoms. The van der Waals surface area contributed by atoms with Gasteiger partial charge in [0.2, 0.25) is 5.13 Å². The van der Waals surface area contributed by atoms with E-state index in [9.17, 15) is 4.79 Å². The van der Waals surface area contributed by atoms with Crippen LogP contribution >= 0.6 is 22.9 Å². The Kier molecular flexibility index (Phi) is 4.45. The number of hydrogen-bond donors (Lipinski definition) is 1. The van der Waals surface area contributed by atoms with Gasteiger partial charge in [-0.2, -0.15) is 0 Å². The van der Waals surface area contributed by atoms with Crippen molar-refractivity contribution in [3.63, 3.8) is 0 Å². The predicted octanol–water partition coefficient (Wildman–Crippen LogP) is 3.89. The zero-order chi connectivity index (χ0) is 14.7. The van der Waals surface area contributed by atoms with Crippen LogP contribution in [-0.2, 0) is 0 Å². The average molecular weight is 323 g/mol. The smallest absolute Gasteiger partial charge is 0.276 e. The zero-order valence-corrected chi connectivity index (χ0v) is 13.0. The van der Waals surface area contributed by atoms with Crippen molar-refractivity contribution in [2.75, 3.05) is 5.32 Å². The number of hydrogen-bond acceptors (Lipinski definition) is 5. The highest BCUT2D eigenvalue weighted by Crippen LogP contribution is 2.35. The highest BCUT2D eigenvalue weighted by atomic mass is 35.5. The maximum absolute atomic E-state index is 12.1. The van der Waals surface area contributed by atoms with Gasteiger partial charge in [-0.1, -0.05) is 42.2 Å². The maximum atomic E-state index is 12.1. The van der Waals surface area contributed by atoms with Crippen LogP contribution in [0.25, 0.3) is 0 Å². The number of carbonyl (C=O) groups is 1.